The number of aliphatic carboxylic acids is 1. The molecule has 0 aliphatic carbocycles. The number of carboxylic acid groups (broad SMARTS) is 1. The van der Waals surface area contributed by atoms with Gasteiger partial charge < -0.3 is 19.4 Å². The number of furan rings is 1. The number of fused-ring (bicyclic) bond motifs is 4. The molecule has 38 heavy (non-hydrogen) atoms. The van der Waals surface area contributed by atoms with Crippen molar-refractivity contribution in [2.45, 2.75) is 18.5 Å². The summed E-state index contributed by atoms with van der Waals surface area (Å²) in [5.74, 6) is -3.91. The van der Waals surface area contributed by atoms with Gasteiger partial charge in [0.15, 0.2) is 0 Å². The highest BCUT2D eigenvalue weighted by Gasteiger charge is 2.47. The molecule has 3 N–H and O–H groups in total. The van der Waals surface area contributed by atoms with E-state index in [0.717, 1.165) is 16.7 Å². The number of anilines is 1. The summed E-state index contributed by atoms with van der Waals surface area (Å²) in [7, 11) is 1.37. The van der Waals surface area contributed by atoms with Crippen molar-refractivity contribution in [3.8, 4) is 0 Å². The molecule has 1 aliphatic heterocycles. The van der Waals surface area contributed by atoms with Crippen molar-refractivity contribution < 1.29 is 23.1 Å². The van der Waals surface area contributed by atoms with E-state index in [1.807, 2.05) is 0 Å². The molecular weight excluding hydrogens is 502 g/mol. The fourth-order valence-electron chi connectivity index (χ4n) is 5.32. The molecule has 0 fully saturated rings. The van der Waals surface area contributed by atoms with Crippen molar-refractivity contribution in [2.24, 2.45) is 7.05 Å². The van der Waals surface area contributed by atoms with Crippen molar-refractivity contribution in [1.82, 2.24) is 14.5 Å². The number of H-pyrrole nitrogens is 2. The lowest BCUT2D eigenvalue weighted by Crippen LogP contribution is -2.42. The predicted molar refractivity (Wildman–Crippen MR) is 132 cm³/mol. The lowest BCUT2D eigenvalue weighted by Gasteiger charge is -2.27. The molecule has 0 saturated heterocycles. The molecule has 0 radical (unpaired) electrons. The van der Waals surface area contributed by atoms with Crippen molar-refractivity contribution in [2.75, 3.05) is 4.90 Å². The van der Waals surface area contributed by atoms with Gasteiger partial charge >= 0.3 is 11.7 Å². The summed E-state index contributed by atoms with van der Waals surface area (Å²) in [6.45, 7) is -0.388. The smallest absolute Gasteiger partial charge is 0.328 e. The molecule has 0 amide bonds. The van der Waals surface area contributed by atoms with Crippen LogP contribution >= 0.6 is 0 Å². The van der Waals surface area contributed by atoms with E-state index in [1.165, 1.54) is 42.6 Å². The van der Waals surface area contributed by atoms with Crippen LogP contribution in [0.25, 0.3) is 21.9 Å². The van der Waals surface area contributed by atoms with Crippen LogP contribution in [0.2, 0.25) is 0 Å². The number of pyridine rings is 1. The molecule has 5 aromatic rings. The minimum Gasteiger partial charge on any atom is -0.480 e. The average molecular weight is 520 g/mol. The summed E-state index contributed by atoms with van der Waals surface area (Å²) in [4.78, 5) is 55.8. The molecular formula is C26H18F2N4O6. The third kappa shape index (κ3) is 3.30. The number of halogens is 2. The maximum absolute atomic E-state index is 15.3. The van der Waals surface area contributed by atoms with Gasteiger partial charge in [0.05, 0.1) is 28.5 Å². The zero-order valence-corrected chi connectivity index (χ0v) is 19.6. The third-order valence-electron chi connectivity index (χ3n) is 7.05. The summed E-state index contributed by atoms with van der Waals surface area (Å²) in [5, 5.41) is 10.5. The molecule has 6 rings (SSSR count). The van der Waals surface area contributed by atoms with Crippen molar-refractivity contribution in [3.05, 3.63) is 108 Å². The van der Waals surface area contributed by atoms with Crippen LogP contribution < -0.4 is 21.7 Å². The summed E-state index contributed by atoms with van der Waals surface area (Å²) in [6.07, 6.45) is 2.66. The first-order chi connectivity index (χ1) is 18.2. The van der Waals surface area contributed by atoms with E-state index in [1.54, 1.807) is 6.07 Å². The molecule has 12 heteroatoms. The standard InChI is InChI=1S/C26H18F2N4O6/c1-31-17-8-15(27)11(7-14(17)24(34)30-26(31)37)10-32-18-9-16(28)12-4-6-38-22(12)20(18)19(21(32)25(35)36)13-3-2-5-29-23(13)33/h2-9,19,21H,10H2,1H3,(H,29,33)(H,35,36)(H,30,34,37). The lowest BCUT2D eigenvalue weighted by molar-refractivity contribution is -0.138. The van der Waals surface area contributed by atoms with Crippen LogP contribution in [0.1, 0.15) is 22.6 Å². The fourth-order valence-corrected chi connectivity index (χ4v) is 5.32. The molecule has 3 aromatic heterocycles. The van der Waals surface area contributed by atoms with Gasteiger partial charge in [-0.2, -0.15) is 0 Å². The molecule has 2 unspecified atom stereocenters. The molecule has 2 aromatic carbocycles. The Bertz CT molecular complexity index is 1970. The molecule has 0 bridgehead atoms. The zero-order valence-electron chi connectivity index (χ0n) is 19.6. The van der Waals surface area contributed by atoms with E-state index >= 15 is 8.78 Å². The van der Waals surface area contributed by atoms with Crippen LogP contribution in [-0.2, 0) is 18.4 Å². The molecule has 0 spiro atoms. The lowest BCUT2D eigenvalue weighted by atomic mass is 9.87. The number of aryl methyl sites for hydroxylation is 1. The molecule has 0 saturated carbocycles. The number of carbonyl (C=O) groups is 1. The van der Waals surface area contributed by atoms with Crippen molar-refractivity contribution >= 4 is 33.5 Å². The Morgan fingerprint density at radius 3 is 2.61 bits per heavy atom. The first kappa shape index (κ1) is 23.4. The first-order valence-corrected chi connectivity index (χ1v) is 11.5. The maximum atomic E-state index is 15.3. The number of hydrogen-bond acceptors (Lipinski definition) is 6. The van der Waals surface area contributed by atoms with Gasteiger partial charge in [0.25, 0.3) is 11.1 Å². The zero-order chi connectivity index (χ0) is 26.9. The van der Waals surface area contributed by atoms with Gasteiger partial charge in [-0.25, -0.2) is 18.4 Å². The van der Waals surface area contributed by atoms with E-state index in [2.05, 4.69) is 9.97 Å². The minimum absolute atomic E-state index is 0.0125. The van der Waals surface area contributed by atoms with Crippen molar-refractivity contribution in [1.29, 1.82) is 0 Å². The van der Waals surface area contributed by atoms with Gasteiger partial charge in [-0.15, -0.1) is 0 Å². The van der Waals surface area contributed by atoms with Crippen LogP contribution in [0, 0.1) is 11.6 Å². The maximum Gasteiger partial charge on any atom is 0.328 e. The number of carboxylic acids is 1. The quantitative estimate of drug-likeness (QED) is 0.331. The van der Waals surface area contributed by atoms with E-state index in [4.69, 9.17) is 4.42 Å². The molecule has 2 atom stereocenters. The summed E-state index contributed by atoms with van der Waals surface area (Å²) >= 11 is 0. The van der Waals surface area contributed by atoms with E-state index in [0.29, 0.717) is 0 Å². The molecule has 1 aliphatic rings. The average Bonchev–Trinajstić information content (AvgIpc) is 3.48. The Morgan fingerprint density at radius 1 is 1.08 bits per heavy atom. The van der Waals surface area contributed by atoms with Crippen LogP contribution in [0.4, 0.5) is 14.5 Å². The molecule has 10 nitrogen and oxygen atoms in total. The monoisotopic (exact) mass is 520 g/mol. The van der Waals surface area contributed by atoms with Crippen molar-refractivity contribution in [3.63, 3.8) is 0 Å². The summed E-state index contributed by atoms with van der Waals surface area (Å²) in [5.41, 5.74) is -1.44. The summed E-state index contributed by atoms with van der Waals surface area (Å²) < 4.78 is 37.1. The highest BCUT2D eigenvalue weighted by atomic mass is 19.1. The molecule has 4 heterocycles. The number of hydrogen-bond donors (Lipinski definition) is 3. The number of nitrogens with one attached hydrogen (secondary N) is 2. The number of benzene rings is 2. The Kier molecular flexibility index (Phi) is 5.09. The number of aromatic amines is 2. The van der Waals surface area contributed by atoms with Crippen LogP contribution in [0.15, 0.2) is 67.7 Å². The second-order valence-corrected chi connectivity index (χ2v) is 9.08. The van der Waals surface area contributed by atoms with Gasteiger partial charge in [0.1, 0.15) is 23.3 Å². The van der Waals surface area contributed by atoms with Crippen LogP contribution in [0.3, 0.4) is 0 Å². The van der Waals surface area contributed by atoms with Gasteiger partial charge in [-0.05, 0) is 30.3 Å². The largest absolute Gasteiger partial charge is 0.480 e. The normalized spacial score (nSPS) is 16.9. The number of aromatic nitrogens is 3. The van der Waals surface area contributed by atoms with E-state index in [-0.39, 0.29) is 50.8 Å². The second kappa shape index (κ2) is 8.26. The Labute approximate surface area is 210 Å². The highest BCUT2D eigenvalue weighted by Crippen LogP contribution is 2.49. The first-order valence-electron chi connectivity index (χ1n) is 11.5. The number of nitrogens with zero attached hydrogens (tertiary/aromatic N) is 2. The topological polar surface area (TPSA) is 141 Å². The van der Waals surface area contributed by atoms with E-state index in [9.17, 15) is 24.3 Å². The van der Waals surface area contributed by atoms with E-state index < -0.39 is 46.4 Å². The van der Waals surface area contributed by atoms with Gasteiger partial charge in [-0.1, -0.05) is 6.07 Å². The van der Waals surface area contributed by atoms with Crippen LogP contribution in [0.5, 0.6) is 0 Å². The molecule has 192 valence electrons. The van der Waals surface area contributed by atoms with Gasteiger partial charge in [-0.3, -0.25) is 19.1 Å². The predicted octanol–water partition coefficient (Wildman–Crippen LogP) is 2.54. The van der Waals surface area contributed by atoms with Gasteiger partial charge in [0.2, 0.25) is 0 Å². The number of rotatable bonds is 4. The highest BCUT2D eigenvalue weighted by molar-refractivity contribution is 5.94. The SMILES string of the molecule is Cn1c(=O)[nH]c(=O)c2cc(CN3c4cc(F)c5ccoc5c4C(c4ccc[nH]c4=O)C3C(=O)O)c(F)cc21. The van der Waals surface area contributed by atoms with Crippen LogP contribution in [-0.4, -0.2) is 31.7 Å². The third-order valence-corrected chi connectivity index (χ3v) is 7.05. The fraction of sp³-hybridized carbons (Fsp3) is 0.154. The Balaban J connectivity index is 1.60. The Hall–Kier alpha value is -5.00. The van der Waals surface area contributed by atoms with Gasteiger partial charge in [0, 0.05) is 42.2 Å². The second-order valence-electron chi connectivity index (χ2n) is 9.08. The summed E-state index contributed by atoms with van der Waals surface area (Å²) in [6, 6.07) is 6.35. The Morgan fingerprint density at radius 2 is 1.87 bits per heavy atom. The minimum atomic E-state index is -1.45.